The molecule has 13 nitrogen and oxygen atoms in total. The Kier molecular flexibility index (Phi) is 15.7. The topological polar surface area (TPSA) is 168 Å². The van der Waals surface area contributed by atoms with Crippen molar-refractivity contribution in [2.75, 3.05) is 52.1 Å². The summed E-state index contributed by atoms with van der Waals surface area (Å²) in [6.45, 7) is 2.88. The van der Waals surface area contributed by atoms with Crippen LogP contribution in [0.25, 0.3) is 0 Å². The summed E-state index contributed by atoms with van der Waals surface area (Å²) in [5.74, 6) is -0.0119. The summed E-state index contributed by atoms with van der Waals surface area (Å²) in [6, 6.07) is 14.0. The number of nitrogens with zero attached hydrogens (tertiary/aromatic N) is 2. The van der Waals surface area contributed by atoms with Gasteiger partial charge in [-0.05, 0) is 80.0 Å². The van der Waals surface area contributed by atoms with Crippen LogP contribution in [0.5, 0.6) is 17.4 Å². The van der Waals surface area contributed by atoms with Crippen molar-refractivity contribution in [3.63, 3.8) is 0 Å². The van der Waals surface area contributed by atoms with Crippen molar-refractivity contribution >= 4 is 45.0 Å². The molecule has 1 fully saturated rings. The van der Waals surface area contributed by atoms with Crippen molar-refractivity contribution in [2.24, 2.45) is 5.92 Å². The molecule has 1 saturated carbocycles. The van der Waals surface area contributed by atoms with Crippen molar-refractivity contribution in [1.29, 1.82) is 0 Å². The number of carbonyl (C=O) groups excluding carboxylic acids is 1. The van der Waals surface area contributed by atoms with Gasteiger partial charge in [0.05, 0.1) is 34.4 Å². The van der Waals surface area contributed by atoms with Gasteiger partial charge in [-0.15, -0.1) is 4.73 Å². The standard InChI is InChI=1S/C37H47Cl2N3O10S/c1-25-18-32(38)35(33(39)19-25)52-16-15-50-31-11-7-26(8-12-31)20-28(23-40-37(44)45)36(43)41(29-9-10-29)24-27-21-30(6-4-13-49-2)42(46)34(22-27)51-14-5-17-53(3,47)48/h7-8,11-12,18-19,21-22,28-29,40H,4-6,9-10,13-17,20,23-24H2,1-3H3,(H,44,45). The fourth-order valence-electron chi connectivity index (χ4n) is 5.73. The molecule has 1 unspecified atom stereocenters. The summed E-state index contributed by atoms with van der Waals surface area (Å²) >= 11 is 12.5. The van der Waals surface area contributed by atoms with Crippen LogP contribution in [-0.2, 0) is 38.8 Å². The lowest BCUT2D eigenvalue weighted by atomic mass is 9.97. The Bertz CT molecular complexity index is 1780. The summed E-state index contributed by atoms with van der Waals surface area (Å²) in [6.07, 6.45) is 2.96. The van der Waals surface area contributed by atoms with E-state index in [1.54, 1.807) is 48.4 Å². The molecule has 0 aliphatic heterocycles. The molecule has 0 saturated heterocycles. The normalized spacial score (nSPS) is 13.3. The molecule has 0 spiro atoms. The number of carboxylic acid groups (broad SMARTS) is 1. The van der Waals surface area contributed by atoms with Gasteiger partial charge in [0, 0.05) is 51.6 Å². The molecule has 2 amide bonds. The van der Waals surface area contributed by atoms with E-state index in [1.807, 2.05) is 19.1 Å². The number of methoxy groups -OCH3 is 1. The summed E-state index contributed by atoms with van der Waals surface area (Å²) in [7, 11) is -1.62. The van der Waals surface area contributed by atoms with E-state index in [9.17, 15) is 28.3 Å². The van der Waals surface area contributed by atoms with Crippen LogP contribution in [0.2, 0.25) is 10.0 Å². The van der Waals surface area contributed by atoms with Crippen LogP contribution in [0.15, 0.2) is 48.5 Å². The molecule has 0 bridgehead atoms. The largest absolute Gasteiger partial charge is 0.616 e. The van der Waals surface area contributed by atoms with Crippen LogP contribution in [0.4, 0.5) is 4.79 Å². The lowest BCUT2D eigenvalue weighted by Gasteiger charge is -2.28. The van der Waals surface area contributed by atoms with E-state index in [0.29, 0.717) is 57.0 Å². The van der Waals surface area contributed by atoms with Crippen LogP contribution in [0.1, 0.15) is 48.1 Å². The Hall–Kier alpha value is -3.98. The third kappa shape index (κ3) is 13.7. The molecule has 1 aliphatic carbocycles. The van der Waals surface area contributed by atoms with Crippen LogP contribution in [0, 0.1) is 18.0 Å². The number of amides is 2. The second-order valence-electron chi connectivity index (χ2n) is 13.1. The first kappa shape index (κ1) is 41.8. The van der Waals surface area contributed by atoms with Crippen LogP contribution in [0.3, 0.4) is 0 Å². The third-order valence-corrected chi connectivity index (χ3v) is 10.0. The maximum atomic E-state index is 14.2. The molecule has 3 aromatic rings. The van der Waals surface area contributed by atoms with Gasteiger partial charge in [0.15, 0.2) is 11.4 Å². The average Bonchev–Trinajstić information content (AvgIpc) is 3.94. The van der Waals surface area contributed by atoms with E-state index in [0.717, 1.165) is 30.2 Å². The summed E-state index contributed by atoms with van der Waals surface area (Å²) < 4.78 is 46.3. The molecule has 1 heterocycles. The molecule has 53 heavy (non-hydrogen) atoms. The zero-order valence-electron chi connectivity index (χ0n) is 30.1. The first-order valence-corrected chi connectivity index (χ1v) is 20.2. The lowest BCUT2D eigenvalue weighted by molar-refractivity contribution is -0.621. The number of hydrogen-bond acceptors (Lipinski definition) is 9. The summed E-state index contributed by atoms with van der Waals surface area (Å²) in [4.78, 5) is 27.4. The maximum Gasteiger partial charge on any atom is 0.404 e. The highest BCUT2D eigenvalue weighted by Crippen LogP contribution is 2.34. The van der Waals surface area contributed by atoms with E-state index < -0.39 is 21.8 Å². The van der Waals surface area contributed by atoms with E-state index >= 15 is 0 Å². The summed E-state index contributed by atoms with van der Waals surface area (Å²) in [5.41, 5.74) is 2.84. The highest BCUT2D eigenvalue weighted by atomic mass is 35.5. The number of nitrogens with one attached hydrogen (secondary N) is 1. The minimum Gasteiger partial charge on any atom is -0.616 e. The van der Waals surface area contributed by atoms with E-state index in [4.69, 9.17) is 42.1 Å². The molecule has 1 aromatic heterocycles. The average molecular weight is 797 g/mol. The molecule has 2 N–H and O–H groups in total. The predicted molar refractivity (Wildman–Crippen MR) is 201 cm³/mol. The van der Waals surface area contributed by atoms with Gasteiger partial charge < -0.3 is 39.5 Å². The first-order chi connectivity index (χ1) is 25.2. The molecule has 16 heteroatoms. The van der Waals surface area contributed by atoms with Crippen LogP contribution < -0.4 is 24.3 Å². The Morgan fingerprint density at radius 1 is 0.981 bits per heavy atom. The van der Waals surface area contributed by atoms with Gasteiger partial charge in [-0.1, -0.05) is 35.3 Å². The smallest absolute Gasteiger partial charge is 0.404 e. The Morgan fingerprint density at radius 2 is 1.66 bits per heavy atom. The van der Waals surface area contributed by atoms with Gasteiger partial charge in [-0.25, -0.2) is 13.2 Å². The molecule has 4 rings (SSSR count). The predicted octanol–water partition coefficient (Wildman–Crippen LogP) is 5.40. The lowest BCUT2D eigenvalue weighted by Crippen LogP contribution is -2.43. The zero-order valence-corrected chi connectivity index (χ0v) is 32.5. The second kappa shape index (κ2) is 19.9. The fourth-order valence-corrected chi connectivity index (χ4v) is 7.08. The van der Waals surface area contributed by atoms with Crippen molar-refractivity contribution < 1.29 is 46.8 Å². The van der Waals surface area contributed by atoms with E-state index in [-0.39, 0.29) is 69.3 Å². The highest BCUT2D eigenvalue weighted by Gasteiger charge is 2.36. The fraction of sp³-hybridized carbons (Fsp3) is 0.486. The van der Waals surface area contributed by atoms with E-state index in [1.165, 1.54) is 0 Å². The number of aryl methyl sites for hydroxylation is 2. The highest BCUT2D eigenvalue weighted by molar-refractivity contribution is 7.90. The number of aromatic nitrogens is 1. The van der Waals surface area contributed by atoms with Gasteiger partial charge in [0.1, 0.15) is 28.8 Å². The minimum atomic E-state index is -3.19. The number of ether oxygens (including phenoxy) is 4. The second-order valence-corrected chi connectivity index (χ2v) is 16.2. The quantitative estimate of drug-likeness (QED) is 0.0764. The maximum absolute atomic E-state index is 14.2. The first-order valence-electron chi connectivity index (χ1n) is 17.4. The van der Waals surface area contributed by atoms with Gasteiger partial charge in [-0.3, -0.25) is 4.79 Å². The molecule has 290 valence electrons. The number of sulfone groups is 1. The van der Waals surface area contributed by atoms with Crippen molar-refractivity contribution in [2.45, 2.75) is 58.0 Å². The van der Waals surface area contributed by atoms with Crippen molar-refractivity contribution in [3.05, 3.63) is 86.2 Å². The molecular formula is C37H47Cl2N3O10S. The summed E-state index contributed by atoms with van der Waals surface area (Å²) in [5, 5.41) is 25.8. The SMILES string of the molecule is COCCCc1cc(CN(C(=O)C(CNC(=O)O)Cc2ccc(OCCOc3c(Cl)cc(C)cc3Cl)cc2)C2CC2)cc(OCCCS(C)(=O)=O)[n+]1[O-]. The van der Waals surface area contributed by atoms with Gasteiger partial charge in [-0.2, -0.15) is 0 Å². The van der Waals surface area contributed by atoms with Crippen molar-refractivity contribution in [1.82, 2.24) is 10.2 Å². The number of benzene rings is 2. The van der Waals surface area contributed by atoms with Crippen LogP contribution >= 0.6 is 23.2 Å². The minimum absolute atomic E-state index is 0.0207. The molecule has 1 aliphatic rings. The Morgan fingerprint density at radius 3 is 2.28 bits per heavy atom. The van der Waals surface area contributed by atoms with Crippen molar-refractivity contribution in [3.8, 4) is 17.4 Å². The van der Waals surface area contributed by atoms with Gasteiger partial charge in [0.2, 0.25) is 5.91 Å². The number of carbonyl (C=O) groups is 2. The zero-order chi connectivity index (χ0) is 38.5. The Balaban J connectivity index is 1.45. The molecule has 0 radical (unpaired) electrons. The molecule has 1 atom stereocenters. The Labute approximate surface area is 320 Å². The number of hydrogen-bond donors (Lipinski definition) is 2. The van der Waals surface area contributed by atoms with Crippen LogP contribution in [-0.4, -0.2) is 88.6 Å². The molecular weight excluding hydrogens is 749 g/mol. The monoisotopic (exact) mass is 795 g/mol. The van der Waals surface area contributed by atoms with Gasteiger partial charge in [0.25, 0.3) is 0 Å². The van der Waals surface area contributed by atoms with E-state index in [2.05, 4.69) is 5.32 Å². The van der Waals surface area contributed by atoms with Gasteiger partial charge >= 0.3 is 12.0 Å². The number of rotatable bonds is 22. The molecule has 2 aromatic carbocycles. The third-order valence-electron chi connectivity index (χ3n) is 8.43. The number of pyridine rings is 1. The number of halogens is 2.